The molecule has 2 aliphatic rings. The number of carbonyl (C=O) groups is 3. The molecule has 0 spiro atoms. The van der Waals surface area contributed by atoms with Crippen LogP contribution in [0.5, 0.6) is 0 Å². The van der Waals surface area contributed by atoms with Crippen molar-refractivity contribution in [2.24, 2.45) is 5.92 Å². The standard InChI is InChI=1S/C23H25N3O3/c1-16-9-5-7-13-19(16)24-21(27)15-25-20-14-8-6-12-18(20)22(28)26(23(25)29)17-10-3-2-4-11-17/h2-5,7,9-11,13,18,20H,6,8,12,14-15H2,1H3,(H,24,27). The number of hydrogen-bond donors (Lipinski definition) is 1. The maximum absolute atomic E-state index is 13.3. The molecule has 0 radical (unpaired) electrons. The van der Waals surface area contributed by atoms with Crippen molar-refractivity contribution in [2.45, 2.75) is 38.6 Å². The predicted molar refractivity (Wildman–Crippen MR) is 112 cm³/mol. The molecular formula is C23H25N3O3. The number of aryl methyl sites for hydroxylation is 1. The van der Waals surface area contributed by atoms with Crippen LogP contribution in [-0.4, -0.2) is 35.3 Å². The van der Waals surface area contributed by atoms with Gasteiger partial charge in [-0.3, -0.25) is 9.59 Å². The third kappa shape index (κ3) is 3.75. The van der Waals surface area contributed by atoms with E-state index >= 15 is 0 Å². The van der Waals surface area contributed by atoms with Crippen LogP contribution < -0.4 is 10.2 Å². The highest BCUT2D eigenvalue weighted by molar-refractivity contribution is 6.17. The minimum absolute atomic E-state index is 0.0645. The highest BCUT2D eigenvalue weighted by atomic mass is 16.2. The zero-order valence-electron chi connectivity index (χ0n) is 16.5. The summed E-state index contributed by atoms with van der Waals surface area (Å²) in [7, 11) is 0. The number of urea groups is 1. The van der Waals surface area contributed by atoms with E-state index in [0.29, 0.717) is 5.69 Å². The van der Waals surface area contributed by atoms with E-state index in [1.165, 1.54) is 4.90 Å². The number of carbonyl (C=O) groups excluding carboxylic acids is 3. The number of para-hydroxylation sites is 2. The lowest BCUT2D eigenvalue weighted by Crippen LogP contribution is -2.64. The summed E-state index contributed by atoms with van der Waals surface area (Å²) in [4.78, 5) is 42.0. The molecule has 150 valence electrons. The molecule has 29 heavy (non-hydrogen) atoms. The van der Waals surface area contributed by atoms with E-state index in [2.05, 4.69) is 5.32 Å². The summed E-state index contributed by atoms with van der Waals surface area (Å²) in [5.74, 6) is -0.659. The highest BCUT2D eigenvalue weighted by Gasteiger charge is 2.47. The fourth-order valence-corrected chi connectivity index (χ4v) is 4.36. The third-order valence-electron chi connectivity index (χ3n) is 5.85. The second-order valence-electron chi connectivity index (χ2n) is 7.74. The first-order valence-electron chi connectivity index (χ1n) is 10.1. The molecule has 4 amide bonds. The molecule has 0 bridgehead atoms. The largest absolute Gasteiger partial charge is 0.332 e. The maximum Gasteiger partial charge on any atom is 0.332 e. The summed E-state index contributed by atoms with van der Waals surface area (Å²) in [6, 6.07) is 15.9. The van der Waals surface area contributed by atoms with Gasteiger partial charge in [-0.25, -0.2) is 9.69 Å². The number of hydrogen-bond acceptors (Lipinski definition) is 3. The molecule has 0 aromatic heterocycles. The van der Waals surface area contributed by atoms with Crippen LogP contribution in [0, 0.1) is 12.8 Å². The zero-order valence-corrected chi connectivity index (χ0v) is 16.5. The summed E-state index contributed by atoms with van der Waals surface area (Å²) < 4.78 is 0. The number of anilines is 2. The lowest BCUT2D eigenvalue weighted by molar-refractivity contribution is -0.128. The molecule has 1 N–H and O–H groups in total. The fraction of sp³-hybridized carbons (Fsp3) is 0.348. The molecule has 4 rings (SSSR count). The monoisotopic (exact) mass is 391 g/mol. The van der Waals surface area contributed by atoms with E-state index in [-0.39, 0.29) is 30.3 Å². The minimum atomic E-state index is -0.413. The molecule has 6 nitrogen and oxygen atoms in total. The Balaban J connectivity index is 1.59. The van der Waals surface area contributed by atoms with Crippen LogP contribution in [0.15, 0.2) is 54.6 Å². The van der Waals surface area contributed by atoms with Gasteiger partial charge < -0.3 is 10.2 Å². The maximum atomic E-state index is 13.3. The van der Waals surface area contributed by atoms with E-state index in [0.717, 1.165) is 36.9 Å². The molecule has 1 aliphatic carbocycles. The van der Waals surface area contributed by atoms with Crippen LogP contribution in [0.2, 0.25) is 0 Å². The number of rotatable bonds is 4. The van der Waals surface area contributed by atoms with Crippen LogP contribution in [-0.2, 0) is 9.59 Å². The minimum Gasteiger partial charge on any atom is -0.324 e. The number of amides is 4. The van der Waals surface area contributed by atoms with Gasteiger partial charge in [0.2, 0.25) is 11.8 Å². The van der Waals surface area contributed by atoms with E-state index in [1.807, 2.05) is 37.3 Å². The Labute approximate surface area is 170 Å². The zero-order chi connectivity index (χ0) is 20.4. The van der Waals surface area contributed by atoms with Crippen molar-refractivity contribution in [1.82, 2.24) is 4.90 Å². The Bertz CT molecular complexity index is 928. The van der Waals surface area contributed by atoms with Crippen molar-refractivity contribution in [3.8, 4) is 0 Å². The van der Waals surface area contributed by atoms with E-state index in [9.17, 15) is 14.4 Å². The summed E-state index contributed by atoms with van der Waals surface area (Å²) in [5, 5.41) is 2.90. The SMILES string of the molecule is Cc1ccccc1NC(=O)CN1C(=O)N(c2ccccc2)C(=O)C2CCCCC21. The molecule has 2 fully saturated rings. The average molecular weight is 391 g/mol. The van der Waals surface area contributed by atoms with Gasteiger partial charge in [-0.15, -0.1) is 0 Å². The molecule has 2 aromatic rings. The van der Waals surface area contributed by atoms with Crippen LogP contribution in [0.3, 0.4) is 0 Å². The van der Waals surface area contributed by atoms with Crippen molar-refractivity contribution >= 4 is 29.2 Å². The molecule has 2 unspecified atom stereocenters. The number of benzene rings is 2. The molecule has 1 aliphatic heterocycles. The summed E-state index contributed by atoms with van der Waals surface area (Å²) in [6.07, 6.45) is 3.42. The Morgan fingerprint density at radius 2 is 1.69 bits per heavy atom. The van der Waals surface area contributed by atoms with Crippen molar-refractivity contribution in [1.29, 1.82) is 0 Å². The van der Waals surface area contributed by atoms with Gasteiger partial charge in [0.1, 0.15) is 6.54 Å². The van der Waals surface area contributed by atoms with E-state index in [1.54, 1.807) is 29.2 Å². The average Bonchev–Trinajstić information content (AvgIpc) is 2.74. The van der Waals surface area contributed by atoms with Crippen LogP contribution in [0.1, 0.15) is 31.2 Å². The quantitative estimate of drug-likeness (QED) is 0.858. The number of fused-ring (bicyclic) bond motifs is 1. The molecule has 1 saturated carbocycles. The number of nitrogens with zero attached hydrogens (tertiary/aromatic N) is 2. The molecular weight excluding hydrogens is 366 g/mol. The Hall–Kier alpha value is -3.15. The van der Waals surface area contributed by atoms with Crippen molar-refractivity contribution < 1.29 is 14.4 Å². The summed E-state index contributed by atoms with van der Waals surface area (Å²) >= 11 is 0. The van der Waals surface area contributed by atoms with Crippen molar-refractivity contribution in [3.05, 3.63) is 60.2 Å². The fourth-order valence-electron chi connectivity index (χ4n) is 4.36. The smallest absolute Gasteiger partial charge is 0.324 e. The van der Waals surface area contributed by atoms with Crippen molar-refractivity contribution in [2.75, 3.05) is 16.8 Å². The molecule has 1 saturated heterocycles. The third-order valence-corrected chi connectivity index (χ3v) is 5.85. The lowest BCUT2D eigenvalue weighted by Gasteiger charge is -2.46. The van der Waals surface area contributed by atoms with Gasteiger partial charge in [-0.1, -0.05) is 49.2 Å². The van der Waals surface area contributed by atoms with Gasteiger partial charge >= 0.3 is 6.03 Å². The molecule has 6 heteroatoms. The molecule has 1 heterocycles. The van der Waals surface area contributed by atoms with Crippen LogP contribution >= 0.6 is 0 Å². The number of nitrogens with one attached hydrogen (secondary N) is 1. The van der Waals surface area contributed by atoms with E-state index in [4.69, 9.17) is 0 Å². The second-order valence-corrected chi connectivity index (χ2v) is 7.74. The lowest BCUT2D eigenvalue weighted by atomic mass is 9.81. The topological polar surface area (TPSA) is 69.7 Å². The first kappa shape index (κ1) is 19.2. The normalized spacial score (nSPS) is 21.7. The highest BCUT2D eigenvalue weighted by Crippen LogP contribution is 2.36. The van der Waals surface area contributed by atoms with Crippen LogP contribution in [0.25, 0.3) is 0 Å². The first-order chi connectivity index (χ1) is 14.1. The predicted octanol–water partition coefficient (Wildman–Crippen LogP) is 3.96. The van der Waals surface area contributed by atoms with Crippen molar-refractivity contribution in [3.63, 3.8) is 0 Å². The van der Waals surface area contributed by atoms with Gasteiger partial charge in [0, 0.05) is 11.7 Å². The second kappa shape index (κ2) is 8.07. The molecule has 2 aromatic carbocycles. The Morgan fingerprint density at radius 3 is 2.45 bits per heavy atom. The van der Waals surface area contributed by atoms with Gasteiger partial charge in [0.25, 0.3) is 0 Å². The van der Waals surface area contributed by atoms with Gasteiger partial charge in [-0.2, -0.15) is 0 Å². The van der Waals surface area contributed by atoms with E-state index < -0.39 is 6.03 Å². The van der Waals surface area contributed by atoms with Gasteiger partial charge in [0.15, 0.2) is 0 Å². The molecule has 2 atom stereocenters. The Kier molecular flexibility index (Phi) is 5.34. The van der Waals surface area contributed by atoms with Gasteiger partial charge in [0.05, 0.1) is 11.6 Å². The van der Waals surface area contributed by atoms with Crippen LogP contribution in [0.4, 0.5) is 16.2 Å². The number of imide groups is 1. The Morgan fingerprint density at radius 1 is 1.00 bits per heavy atom. The summed E-state index contributed by atoms with van der Waals surface area (Å²) in [6.45, 7) is 1.86. The summed E-state index contributed by atoms with van der Waals surface area (Å²) in [5.41, 5.74) is 2.25. The van der Waals surface area contributed by atoms with Gasteiger partial charge in [-0.05, 0) is 43.5 Å². The first-order valence-corrected chi connectivity index (χ1v) is 10.1.